The first-order chi connectivity index (χ1) is 20.4. The second kappa shape index (κ2) is 11.9. The van der Waals surface area contributed by atoms with Crippen LogP contribution in [-0.4, -0.2) is 78.2 Å². The first-order valence-corrected chi connectivity index (χ1v) is 17.0. The second-order valence-electron chi connectivity index (χ2n) is 17.4. The molecule has 2 fully saturated rings. The summed E-state index contributed by atoms with van der Waals surface area (Å²) in [5.74, 6) is -1.34. The lowest BCUT2D eigenvalue weighted by Gasteiger charge is -2.64. The number of carboxylic acid groups (broad SMARTS) is 1. The van der Waals surface area contributed by atoms with Crippen LogP contribution in [0.4, 0.5) is 0 Å². The van der Waals surface area contributed by atoms with Crippen molar-refractivity contribution < 1.29 is 45.0 Å². The van der Waals surface area contributed by atoms with Crippen LogP contribution in [0.25, 0.3) is 0 Å². The van der Waals surface area contributed by atoms with E-state index in [-0.39, 0.29) is 28.6 Å². The third-order valence-electron chi connectivity index (χ3n) is 13.6. The predicted octanol–water partition coefficient (Wildman–Crippen LogP) is 4.75. The lowest BCUT2D eigenvalue weighted by Crippen LogP contribution is -2.62. The van der Waals surface area contributed by atoms with E-state index in [2.05, 4.69) is 27.7 Å². The highest BCUT2D eigenvalue weighted by atomic mass is 16.6. The van der Waals surface area contributed by atoms with Crippen LogP contribution in [0, 0.1) is 39.4 Å². The van der Waals surface area contributed by atoms with Gasteiger partial charge in [-0.05, 0) is 106 Å². The molecular weight excluding hydrogens is 576 g/mol. The normalized spacial score (nSPS) is 40.4. The van der Waals surface area contributed by atoms with E-state index >= 15 is 0 Å². The molecule has 2 saturated carbocycles. The van der Waals surface area contributed by atoms with Crippen molar-refractivity contribution >= 4 is 11.9 Å². The lowest BCUT2D eigenvalue weighted by atomic mass is 9.42. The Morgan fingerprint density at radius 2 is 1.60 bits per heavy atom. The summed E-state index contributed by atoms with van der Waals surface area (Å²) in [6.45, 7) is 17.6. The van der Waals surface area contributed by atoms with Gasteiger partial charge in [0.05, 0.1) is 42.4 Å². The lowest BCUT2D eigenvalue weighted by molar-refractivity contribution is -0.193. The molecule has 0 heterocycles. The largest absolute Gasteiger partial charge is 0.481 e. The third kappa shape index (κ3) is 6.14. The minimum absolute atomic E-state index is 0.100. The molecule has 4 aliphatic carbocycles. The fraction of sp³-hybridized carbons (Fsp3) is 0.889. The van der Waals surface area contributed by atoms with Gasteiger partial charge in [0.1, 0.15) is 6.10 Å². The number of hydrogen-bond donors (Lipinski definition) is 6. The molecule has 258 valence electrons. The fourth-order valence-electron chi connectivity index (χ4n) is 10.7. The van der Waals surface area contributed by atoms with E-state index in [0.717, 1.165) is 32.1 Å². The SMILES string of the molecule is C[C@H](CC[C@@H](O)C(C)(C)O)[C@H]1CC[C@@]2(C)C3=C(C[C@H](O)[C@]12C)[C@@]1(C)C[C@@H](OC(=O)CC(C)(O)CC(=O)O)[C@H](O)C(C)(C)[C@@H]1CC3. The van der Waals surface area contributed by atoms with Gasteiger partial charge in [-0.15, -0.1) is 0 Å². The van der Waals surface area contributed by atoms with E-state index in [9.17, 15) is 35.1 Å². The summed E-state index contributed by atoms with van der Waals surface area (Å²) >= 11 is 0. The van der Waals surface area contributed by atoms with Crippen LogP contribution >= 0.6 is 0 Å². The molecule has 0 aliphatic heterocycles. The Labute approximate surface area is 269 Å². The van der Waals surface area contributed by atoms with Gasteiger partial charge >= 0.3 is 11.9 Å². The Kier molecular flexibility index (Phi) is 9.58. The molecule has 4 aliphatic rings. The zero-order chi connectivity index (χ0) is 34.1. The van der Waals surface area contributed by atoms with Crippen LogP contribution in [0.15, 0.2) is 11.1 Å². The summed E-state index contributed by atoms with van der Waals surface area (Å²) in [5.41, 5.74) is -1.91. The molecule has 0 bridgehead atoms. The van der Waals surface area contributed by atoms with Gasteiger partial charge in [0.25, 0.3) is 0 Å². The number of aliphatic hydroxyl groups excluding tert-OH is 3. The summed E-state index contributed by atoms with van der Waals surface area (Å²) in [6, 6.07) is 0. The molecule has 0 amide bonds. The standard InChI is InChI=1S/C36H60O9/c1-20(10-13-26(37)32(4,5)43)21-14-15-35(8)22-11-12-25-31(2,3)30(42)24(45-29(41)19-33(6,44)18-28(39)40)17-34(25,7)23(22)16-27(38)36(21,35)9/h20-21,24-27,30,37-38,42-44H,10-19H2,1-9H3,(H,39,40)/t20-,21-,24-,25+,26-,27+,30+,33?,34-,35+,36+/m1/s1. The number of hydrogen-bond acceptors (Lipinski definition) is 8. The second-order valence-corrected chi connectivity index (χ2v) is 17.4. The number of aliphatic hydroxyl groups is 5. The number of aliphatic carboxylic acids is 1. The van der Waals surface area contributed by atoms with Gasteiger partial charge in [-0.25, -0.2) is 0 Å². The van der Waals surface area contributed by atoms with Crippen LogP contribution in [0.5, 0.6) is 0 Å². The minimum Gasteiger partial charge on any atom is -0.481 e. The molecule has 45 heavy (non-hydrogen) atoms. The highest BCUT2D eigenvalue weighted by molar-refractivity contribution is 5.74. The fourth-order valence-corrected chi connectivity index (χ4v) is 10.7. The Morgan fingerprint density at radius 1 is 0.978 bits per heavy atom. The molecule has 4 rings (SSSR count). The Hall–Kier alpha value is -1.52. The minimum atomic E-state index is -1.76. The average molecular weight is 637 g/mol. The third-order valence-corrected chi connectivity index (χ3v) is 13.6. The molecule has 1 unspecified atom stereocenters. The van der Waals surface area contributed by atoms with Crippen LogP contribution in [0.3, 0.4) is 0 Å². The topological polar surface area (TPSA) is 165 Å². The van der Waals surface area contributed by atoms with Crippen molar-refractivity contribution in [2.24, 2.45) is 39.4 Å². The number of fused-ring (bicyclic) bond motifs is 4. The van der Waals surface area contributed by atoms with Gasteiger partial charge < -0.3 is 35.4 Å². The van der Waals surface area contributed by atoms with E-state index < -0.39 is 71.2 Å². The summed E-state index contributed by atoms with van der Waals surface area (Å²) < 4.78 is 5.86. The van der Waals surface area contributed by atoms with Crippen molar-refractivity contribution in [3.63, 3.8) is 0 Å². The van der Waals surface area contributed by atoms with Crippen molar-refractivity contribution in [3.8, 4) is 0 Å². The van der Waals surface area contributed by atoms with E-state index in [0.29, 0.717) is 19.3 Å². The first-order valence-electron chi connectivity index (χ1n) is 17.0. The number of carbonyl (C=O) groups excluding carboxylic acids is 1. The Morgan fingerprint density at radius 3 is 2.18 bits per heavy atom. The molecule has 0 aromatic heterocycles. The number of ether oxygens (including phenoxy) is 1. The van der Waals surface area contributed by atoms with E-state index in [1.54, 1.807) is 13.8 Å². The van der Waals surface area contributed by atoms with Crippen molar-refractivity contribution in [1.82, 2.24) is 0 Å². The Bertz CT molecular complexity index is 1180. The van der Waals surface area contributed by atoms with Crippen molar-refractivity contribution in [2.75, 3.05) is 0 Å². The van der Waals surface area contributed by atoms with Crippen LogP contribution < -0.4 is 0 Å². The molecule has 0 saturated heterocycles. The van der Waals surface area contributed by atoms with E-state index in [1.807, 2.05) is 13.8 Å². The first kappa shape index (κ1) is 36.3. The quantitative estimate of drug-likeness (QED) is 0.147. The summed E-state index contributed by atoms with van der Waals surface area (Å²) in [7, 11) is 0. The molecule has 0 spiro atoms. The van der Waals surface area contributed by atoms with Gasteiger partial charge in [0.2, 0.25) is 0 Å². The highest BCUT2D eigenvalue weighted by Crippen LogP contribution is 2.72. The van der Waals surface area contributed by atoms with Gasteiger partial charge in [-0.2, -0.15) is 0 Å². The maximum absolute atomic E-state index is 13.0. The highest BCUT2D eigenvalue weighted by Gasteiger charge is 2.67. The molecule has 0 aromatic carbocycles. The van der Waals surface area contributed by atoms with E-state index in [4.69, 9.17) is 9.84 Å². The van der Waals surface area contributed by atoms with Crippen LogP contribution in [0.2, 0.25) is 0 Å². The van der Waals surface area contributed by atoms with Crippen molar-refractivity contribution in [2.45, 2.75) is 162 Å². The summed E-state index contributed by atoms with van der Waals surface area (Å²) in [4.78, 5) is 24.2. The number of esters is 1. The average Bonchev–Trinajstić information content (AvgIpc) is 3.17. The molecule has 6 N–H and O–H groups in total. The molecule has 11 atom stereocenters. The zero-order valence-electron chi connectivity index (χ0n) is 29.0. The number of carbonyl (C=O) groups is 2. The molecule has 0 aromatic rings. The monoisotopic (exact) mass is 636 g/mol. The van der Waals surface area contributed by atoms with Crippen LogP contribution in [-0.2, 0) is 14.3 Å². The molecule has 9 nitrogen and oxygen atoms in total. The molecular formula is C36H60O9. The van der Waals surface area contributed by atoms with E-state index in [1.165, 1.54) is 18.1 Å². The molecule has 9 heteroatoms. The molecule has 0 radical (unpaired) electrons. The number of carboxylic acids is 1. The van der Waals surface area contributed by atoms with Gasteiger partial charge in [0, 0.05) is 5.41 Å². The van der Waals surface area contributed by atoms with Crippen LogP contribution in [0.1, 0.15) is 127 Å². The van der Waals surface area contributed by atoms with Gasteiger partial charge in [-0.1, -0.05) is 52.7 Å². The smallest absolute Gasteiger partial charge is 0.309 e. The number of rotatable bonds is 10. The summed E-state index contributed by atoms with van der Waals surface area (Å²) in [6.07, 6.45) is 1.63. The van der Waals surface area contributed by atoms with Gasteiger partial charge in [-0.3, -0.25) is 9.59 Å². The van der Waals surface area contributed by atoms with Gasteiger partial charge in [0.15, 0.2) is 0 Å². The zero-order valence-corrected chi connectivity index (χ0v) is 29.0. The maximum atomic E-state index is 13.0. The van der Waals surface area contributed by atoms with Crippen molar-refractivity contribution in [1.29, 1.82) is 0 Å². The maximum Gasteiger partial charge on any atom is 0.309 e. The summed E-state index contributed by atoms with van der Waals surface area (Å²) in [5, 5.41) is 64.0. The number of allylic oxidation sites excluding steroid dienone is 1. The predicted molar refractivity (Wildman–Crippen MR) is 170 cm³/mol. The Balaban J connectivity index is 1.64. The van der Waals surface area contributed by atoms with Crippen molar-refractivity contribution in [3.05, 3.63) is 11.1 Å².